The van der Waals surface area contributed by atoms with E-state index >= 15 is 0 Å². The van der Waals surface area contributed by atoms with E-state index in [9.17, 15) is 0 Å². The zero-order valence-corrected chi connectivity index (χ0v) is 18.8. The van der Waals surface area contributed by atoms with Gasteiger partial charge in [-0.25, -0.2) is 4.98 Å². The molecule has 2 aromatic rings. The van der Waals surface area contributed by atoms with Crippen molar-refractivity contribution in [3.63, 3.8) is 0 Å². The summed E-state index contributed by atoms with van der Waals surface area (Å²) in [6.07, 6.45) is 10.2. The molecule has 1 aliphatic rings. The van der Waals surface area contributed by atoms with Crippen molar-refractivity contribution in [2.24, 2.45) is 10.4 Å². The largest absolute Gasteiger partial charge is 0.356 e. The van der Waals surface area contributed by atoms with E-state index in [1.165, 1.54) is 31.2 Å². The lowest BCUT2D eigenvalue weighted by Gasteiger charge is -2.41. The van der Waals surface area contributed by atoms with E-state index in [1.807, 2.05) is 13.2 Å². The number of hydrogen-bond donors (Lipinski definition) is 2. The molecular formula is C21H32IN5. The van der Waals surface area contributed by atoms with E-state index in [0.29, 0.717) is 12.0 Å². The summed E-state index contributed by atoms with van der Waals surface area (Å²) in [5.41, 5.74) is 1.83. The molecule has 27 heavy (non-hydrogen) atoms. The van der Waals surface area contributed by atoms with Crippen LogP contribution in [-0.4, -0.2) is 29.1 Å². The molecule has 3 rings (SSSR count). The lowest BCUT2D eigenvalue weighted by atomic mass is 9.67. The van der Waals surface area contributed by atoms with Gasteiger partial charge in [0.25, 0.3) is 0 Å². The first kappa shape index (κ1) is 21.7. The molecule has 0 bridgehead atoms. The van der Waals surface area contributed by atoms with Gasteiger partial charge in [-0.1, -0.05) is 43.7 Å². The summed E-state index contributed by atoms with van der Waals surface area (Å²) < 4.78 is 2.22. The molecule has 0 atom stereocenters. The van der Waals surface area contributed by atoms with Crippen LogP contribution in [0, 0.1) is 5.41 Å². The summed E-state index contributed by atoms with van der Waals surface area (Å²) in [6.45, 7) is 4.92. The number of nitrogens with zero attached hydrogens (tertiary/aromatic N) is 3. The third-order valence-electron chi connectivity index (χ3n) is 5.72. The van der Waals surface area contributed by atoms with Gasteiger partial charge in [0.05, 0.1) is 6.54 Å². The summed E-state index contributed by atoms with van der Waals surface area (Å²) in [4.78, 5) is 8.87. The first-order valence-corrected chi connectivity index (χ1v) is 9.73. The standard InChI is InChI=1S/C21H31N5.HI/c1-3-21(11-7-12-21)17-25-20(22-2)24-16-19-23-13-15-26(19)14-10-18-8-5-4-6-9-18;/h4-6,8-9,13,15H,3,7,10-12,14,16-17H2,1-2H3,(H2,22,24,25);1H. The van der Waals surface area contributed by atoms with E-state index < -0.39 is 0 Å². The molecule has 1 aliphatic carbocycles. The molecule has 6 heteroatoms. The van der Waals surface area contributed by atoms with Gasteiger partial charge < -0.3 is 15.2 Å². The van der Waals surface area contributed by atoms with Crippen molar-refractivity contribution in [2.45, 2.75) is 52.1 Å². The topological polar surface area (TPSA) is 54.2 Å². The zero-order chi connectivity index (χ0) is 18.2. The lowest BCUT2D eigenvalue weighted by Crippen LogP contribution is -2.46. The Morgan fingerprint density at radius 1 is 1.22 bits per heavy atom. The number of halogens is 1. The fourth-order valence-electron chi connectivity index (χ4n) is 3.59. The maximum absolute atomic E-state index is 4.50. The average Bonchev–Trinajstić information content (AvgIpc) is 3.10. The van der Waals surface area contributed by atoms with Gasteiger partial charge in [0.15, 0.2) is 5.96 Å². The van der Waals surface area contributed by atoms with Crippen LogP contribution >= 0.6 is 24.0 Å². The van der Waals surface area contributed by atoms with Crippen LogP contribution in [0.5, 0.6) is 0 Å². The van der Waals surface area contributed by atoms with Crippen LogP contribution in [0.25, 0.3) is 0 Å². The second-order valence-electron chi connectivity index (χ2n) is 7.26. The Kier molecular flexibility index (Phi) is 8.60. The van der Waals surface area contributed by atoms with Crippen molar-refractivity contribution in [3.8, 4) is 0 Å². The number of benzene rings is 1. The Morgan fingerprint density at radius 3 is 2.63 bits per heavy atom. The van der Waals surface area contributed by atoms with Crippen LogP contribution in [0.4, 0.5) is 0 Å². The van der Waals surface area contributed by atoms with Gasteiger partial charge >= 0.3 is 0 Å². The summed E-state index contributed by atoms with van der Waals surface area (Å²) in [6, 6.07) is 10.6. The lowest BCUT2D eigenvalue weighted by molar-refractivity contribution is 0.131. The van der Waals surface area contributed by atoms with Gasteiger partial charge in [0.1, 0.15) is 5.82 Å². The van der Waals surface area contributed by atoms with Crippen molar-refractivity contribution < 1.29 is 0 Å². The molecule has 0 aliphatic heterocycles. The van der Waals surface area contributed by atoms with Crippen molar-refractivity contribution in [1.29, 1.82) is 0 Å². The summed E-state index contributed by atoms with van der Waals surface area (Å²) in [5.74, 6) is 1.90. The second kappa shape index (κ2) is 10.7. The van der Waals surface area contributed by atoms with Crippen molar-refractivity contribution in [3.05, 3.63) is 54.1 Å². The Hall–Kier alpha value is -1.57. The first-order valence-electron chi connectivity index (χ1n) is 9.73. The van der Waals surface area contributed by atoms with Crippen LogP contribution in [0.1, 0.15) is 44.0 Å². The number of aromatic nitrogens is 2. The number of aliphatic imine (C=N–C) groups is 1. The van der Waals surface area contributed by atoms with E-state index in [0.717, 1.165) is 31.3 Å². The van der Waals surface area contributed by atoms with Crippen molar-refractivity contribution in [1.82, 2.24) is 20.2 Å². The van der Waals surface area contributed by atoms with Crippen LogP contribution in [0.15, 0.2) is 47.7 Å². The normalized spacial score (nSPS) is 15.6. The number of imidazole rings is 1. The molecule has 0 unspecified atom stereocenters. The quantitative estimate of drug-likeness (QED) is 0.341. The third-order valence-corrected chi connectivity index (χ3v) is 5.72. The summed E-state index contributed by atoms with van der Waals surface area (Å²) in [7, 11) is 1.83. The molecule has 1 saturated carbocycles. The van der Waals surface area contributed by atoms with Crippen LogP contribution in [-0.2, 0) is 19.5 Å². The Morgan fingerprint density at radius 2 is 2.00 bits per heavy atom. The molecule has 1 fully saturated rings. The number of nitrogens with one attached hydrogen (secondary N) is 2. The van der Waals surface area contributed by atoms with E-state index in [1.54, 1.807) is 0 Å². The highest BCUT2D eigenvalue weighted by Gasteiger charge is 2.34. The summed E-state index contributed by atoms with van der Waals surface area (Å²) in [5, 5.41) is 6.92. The minimum absolute atomic E-state index is 0. The first-order chi connectivity index (χ1) is 12.7. The number of rotatable bonds is 8. The fraction of sp³-hybridized carbons (Fsp3) is 0.524. The molecule has 2 N–H and O–H groups in total. The monoisotopic (exact) mass is 481 g/mol. The minimum atomic E-state index is 0. The van der Waals surface area contributed by atoms with Gasteiger partial charge in [-0.05, 0) is 36.7 Å². The highest BCUT2D eigenvalue weighted by Crippen LogP contribution is 2.42. The predicted molar refractivity (Wildman–Crippen MR) is 123 cm³/mol. The number of hydrogen-bond acceptors (Lipinski definition) is 2. The van der Waals surface area contributed by atoms with Crippen LogP contribution < -0.4 is 10.6 Å². The maximum atomic E-state index is 4.50. The number of guanidine groups is 1. The van der Waals surface area contributed by atoms with Gasteiger partial charge in [-0.15, -0.1) is 24.0 Å². The Bertz CT molecular complexity index is 701. The molecule has 1 aromatic heterocycles. The SMILES string of the molecule is CCC1(CNC(=NC)NCc2nccn2CCc2ccccc2)CCC1.I. The van der Waals surface area contributed by atoms with E-state index in [4.69, 9.17) is 0 Å². The van der Waals surface area contributed by atoms with Gasteiger partial charge in [0.2, 0.25) is 0 Å². The molecule has 1 heterocycles. The molecule has 0 radical (unpaired) electrons. The van der Waals surface area contributed by atoms with E-state index in [-0.39, 0.29) is 24.0 Å². The van der Waals surface area contributed by atoms with Crippen LogP contribution in [0.3, 0.4) is 0 Å². The van der Waals surface area contributed by atoms with Crippen molar-refractivity contribution >= 4 is 29.9 Å². The average molecular weight is 481 g/mol. The highest BCUT2D eigenvalue weighted by molar-refractivity contribution is 14.0. The highest BCUT2D eigenvalue weighted by atomic mass is 127. The predicted octanol–water partition coefficient (Wildman–Crippen LogP) is 3.99. The molecule has 0 spiro atoms. The molecule has 148 valence electrons. The van der Waals surface area contributed by atoms with Gasteiger partial charge in [-0.3, -0.25) is 4.99 Å². The molecule has 5 nitrogen and oxygen atoms in total. The molecule has 0 amide bonds. The minimum Gasteiger partial charge on any atom is -0.356 e. The van der Waals surface area contributed by atoms with Crippen molar-refractivity contribution in [2.75, 3.05) is 13.6 Å². The molecule has 0 saturated heterocycles. The molecular weight excluding hydrogens is 449 g/mol. The summed E-state index contributed by atoms with van der Waals surface area (Å²) >= 11 is 0. The maximum Gasteiger partial charge on any atom is 0.191 e. The third kappa shape index (κ3) is 5.96. The smallest absolute Gasteiger partial charge is 0.191 e. The Balaban J connectivity index is 0.00000261. The van der Waals surface area contributed by atoms with Gasteiger partial charge in [-0.2, -0.15) is 0 Å². The zero-order valence-electron chi connectivity index (χ0n) is 16.4. The molecule has 1 aromatic carbocycles. The van der Waals surface area contributed by atoms with Crippen LogP contribution in [0.2, 0.25) is 0 Å². The number of aryl methyl sites for hydroxylation is 2. The van der Waals surface area contributed by atoms with Gasteiger partial charge in [0, 0.05) is 32.5 Å². The second-order valence-corrected chi connectivity index (χ2v) is 7.26. The Labute approximate surface area is 180 Å². The fourth-order valence-corrected chi connectivity index (χ4v) is 3.59. The van der Waals surface area contributed by atoms with E-state index in [2.05, 4.69) is 68.6 Å².